The SMILES string of the molecule is CCCCCCCC(O)CCCCCCCCCCC(CCC)S(=O)(=O)[O-].[K+]. The third kappa shape index (κ3) is 20.8. The van der Waals surface area contributed by atoms with Crippen LogP contribution in [-0.4, -0.2) is 29.4 Å². The van der Waals surface area contributed by atoms with Crippen molar-refractivity contribution in [2.24, 2.45) is 0 Å². The number of hydrogen-bond acceptors (Lipinski definition) is 4. The number of unbranched alkanes of at least 4 members (excludes halogenated alkanes) is 11. The zero-order valence-electron chi connectivity index (χ0n) is 19.0. The maximum atomic E-state index is 11.2. The molecule has 164 valence electrons. The van der Waals surface area contributed by atoms with Crippen molar-refractivity contribution in [2.75, 3.05) is 0 Å². The molecule has 0 heterocycles. The van der Waals surface area contributed by atoms with E-state index in [1.54, 1.807) is 0 Å². The minimum Gasteiger partial charge on any atom is -0.748 e. The standard InChI is InChI=1S/C22H46O4S.K/c1-3-5-6-11-14-18-21(23)19-15-12-9-7-8-10-13-16-20-22(17-4-2)27(24,25)26;/h21-23H,3-20H2,1-2H3,(H,24,25,26);/q;+1/p-1. The minimum absolute atomic E-state index is 0. The van der Waals surface area contributed by atoms with E-state index < -0.39 is 15.4 Å². The number of aliphatic hydroxyl groups excluding tert-OH is 1. The van der Waals surface area contributed by atoms with E-state index in [1.165, 1.54) is 51.4 Å². The molecule has 4 nitrogen and oxygen atoms in total. The number of rotatable bonds is 20. The molecule has 2 atom stereocenters. The molecular formula is C22H45KO4S. The summed E-state index contributed by atoms with van der Waals surface area (Å²) in [6.45, 7) is 4.14. The summed E-state index contributed by atoms with van der Waals surface area (Å²) >= 11 is 0. The van der Waals surface area contributed by atoms with Gasteiger partial charge in [-0.25, -0.2) is 8.42 Å². The first-order valence-corrected chi connectivity index (χ1v) is 13.0. The van der Waals surface area contributed by atoms with Crippen molar-refractivity contribution < 1.29 is 69.5 Å². The molecule has 0 saturated heterocycles. The second-order valence-electron chi connectivity index (χ2n) is 8.17. The first-order valence-electron chi connectivity index (χ1n) is 11.5. The van der Waals surface area contributed by atoms with E-state index in [2.05, 4.69) is 6.92 Å². The van der Waals surface area contributed by atoms with E-state index in [0.717, 1.165) is 51.4 Å². The van der Waals surface area contributed by atoms with Crippen LogP contribution in [0.3, 0.4) is 0 Å². The van der Waals surface area contributed by atoms with Gasteiger partial charge >= 0.3 is 51.4 Å². The smallest absolute Gasteiger partial charge is 0.748 e. The van der Waals surface area contributed by atoms with Crippen molar-refractivity contribution in [1.29, 1.82) is 0 Å². The van der Waals surface area contributed by atoms with Gasteiger partial charge in [-0.1, -0.05) is 104 Å². The maximum absolute atomic E-state index is 11.2. The van der Waals surface area contributed by atoms with Gasteiger partial charge in [0.2, 0.25) is 0 Å². The molecule has 0 spiro atoms. The Bertz CT molecular complexity index is 415. The topological polar surface area (TPSA) is 77.4 Å². The summed E-state index contributed by atoms with van der Waals surface area (Å²) in [6, 6.07) is 0. The summed E-state index contributed by atoms with van der Waals surface area (Å²) in [6.07, 6.45) is 18.8. The Morgan fingerprint density at radius 1 is 0.643 bits per heavy atom. The van der Waals surface area contributed by atoms with Crippen LogP contribution in [0.15, 0.2) is 0 Å². The molecule has 0 aliphatic rings. The zero-order valence-corrected chi connectivity index (χ0v) is 22.9. The Kier molecular flexibility index (Phi) is 24.6. The van der Waals surface area contributed by atoms with Crippen LogP contribution in [0.5, 0.6) is 0 Å². The molecule has 0 amide bonds. The number of aliphatic hydroxyl groups is 1. The van der Waals surface area contributed by atoms with Crippen LogP contribution in [0.2, 0.25) is 0 Å². The Morgan fingerprint density at radius 3 is 1.43 bits per heavy atom. The second kappa shape index (κ2) is 21.7. The molecule has 0 aromatic carbocycles. The fourth-order valence-corrected chi connectivity index (χ4v) is 4.68. The second-order valence-corrected chi connectivity index (χ2v) is 9.82. The van der Waals surface area contributed by atoms with Crippen molar-refractivity contribution in [3.63, 3.8) is 0 Å². The van der Waals surface area contributed by atoms with Crippen LogP contribution in [0, 0.1) is 0 Å². The Balaban J connectivity index is 0. The van der Waals surface area contributed by atoms with E-state index in [-0.39, 0.29) is 57.5 Å². The van der Waals surface area contributed by atoms with Crippen LogP contribution in [0.4, 0.5) is 0 Å². The fraction of sp³-hybridized carbons (Fsp3) is 1.00. The molecule has 0 aliphatic carbocycles. The van der Waals surface area contributed by atoms with Gasteiger partial charge in [0.1, 0.15) is 0 Å². The van der Waals surface area contributed by atoms with E-state index in [9.17, 15) is 18.1 Å². The van der Waals surface area contributed by atoms with Crippen LogP contribution in [0.25, 0.3) is 0 Å². The van der Waals surface area contributed by atoms with Crippen LogP contribution >= 0.6 is 0 Å². The average molecular weight is 445 g/mol. The molecule has 0 saturated carbocycles. The molecule has 2 unspecified atom stereocenters. The quantitative estimate of drug-likeness (QED) is 0.177. The molecule has 0 rings (SSSR count). The van der Waals surface area contributed by atoms with Gasteiger partial charge in [0, 0.05) is 5.25 Å². The predicted molar refractivity (Wildman–Crippen MR) is 114 cm³/mol. The maximum Gasteiger partial charge on any atom is 1.00 e. The van der Waals surface area contributed by atoms with E-state index in [0.29, 0.717) is 12.8 Å². The summed E-state index contributed by atoms with van der Waals surface area (Å²) in [5, 5.41) is 9.30. The number of hydrogen-bond donors (Lipinski definition) is 1. The largest absolute Gasteiger partial charge is 1.00 e. The van der Waals surface area contributed by atoms with E-state index >= 15 is 0 Å². The monoisotopic (exact) mass is 444 g/mol. The summed E-state index contributed by atoms with van der Waals surface area (Å²) in [5.74, 6) is 0. The summed E-state index contributed by atoms with van der Waals surface area (Å²) < 4.78 is 33.5. The van der Waals surface area contributed by atoms with Gasteiger partial charge < -0.3 is 9.66 Å². The molecule has 1 N–H and O–H groups in total. The van der Waals surface area contributed by atoms with Gasteiger partial charge in [-0.2, -0.15) is 0 Å². The third-order valence-electron chi connectivity index (χ3n) is 5.47. The van der Waals surface area contributed by atoms with E-state index in [4.69, 9.17) is 0 Å². The van der Waals surface area contributed by atoms with Crippen LogP contribution in [0.1, 0.15) is 129 Å². The van der Waals surface area contributed by atoms with E-state index in [1.807, 2.05) is 6.92 Å². The van der Waals surface area contributed by atoms with Crippen molar-refractivity contribution in [3.05, 3.63) is 0 Å². The summed E-state index contributed by atoms with van der Waals surface area (Å²) in [4.78, 5) is 0. The Labute approximate surface area is 218 Å². The molecule has 0 aliphatic heterocycles. The molecule has 0 bridgehead atoms. The Morgan fingerprint density at radius 2 is 1.04 bits per heavy atom. The van der Waals surface area contributed by atoms with Crippen LogP contribution in [-0.2, 0) is 10.1 Å². The molecule has 6 heteroatoms. The zero-order chi connectivity index (χ0) is 20.4. The van der Waals surface area contributed by atoms with Crippen molar-refractivity contribution in [2.45, 2.75) is 141 Å². The molecule has 0 fully saturated rings. The van der Waals surface area contributed by atoms with Crippen molar-refractivity contribution in [1.82, 2.24) is 0 Å². The average Bonchev–Trinajstić information content (AvgIpc) is 2.61. The predicted octanol–water partition coefficient (Wildman–Crippen LogP) is 3.33. The normalized spacial score (nSPS) is 13.9. The molecule has 0 aromatic rings. The van der Waals surface area contributed by atoms with Gasteiger partial charge in [-0.05, 0) is 25.7 Å². The first-order chi connectivity index (χ1) is 12.9. The molecular weight excluding hydrogens is 399 g/mol. The van der Waals surface area contributed by atoms with Gasteiger partial charge in [-0.15, -0.1) is 0 Å². The third-order valence-corrected chi connectivity index (χ3v) is 6.76. The summed E-state index contributed by atoms with van der Waals surface area (Å²) in [5.41, 5.74) is 0. The minimum atomic E-state index is -4.12. The van der Waals surface area contributed by atoms with Gasteiger partial charge in [0.05, 0.1) is 16.2 Å². The molecule has 28 heavy (non-hydrogen) atoms. The van der Waals surface area contributed by atoms with Gasteiger partial charge in [0.25, 0.3) is 0 Å². The van der Waals surface area contributed by atoms with Gasteiger partial charge in [0.15, 0.2) is 0 Å². The first kappa shape index (κ1) is 31.7. The summed E-state index contributed by atoms with van der Waals surface area (Å²) in [7, 11) is -4.12. The Hall–Kier alpha value is 1.51. The van der Waals surface area contributed by atoms with Crippen molar-refractivity contribution >= 4 is 10.1 Å². The van der Waals surface area contributed by atoms with Gasteiger partial charge in [-0.3, -0.25) is 0 Å². The fourth-order valence-electron chi connectivity index (χ4n) is 3.70. The van der Waals surface area contributed by atoms with Crippen LogP contribution < -0.4 is 51.4 Å². The molecule has 0 radical (unpaired) electrons. The molecule has 0 aromatic heterocycles. The van der Waals surface area contributed by atoms with Crippen molar-refractivity contribution in [3.8, 4) is 0 Å².